The molecule has 0 radical (unpaired) electrons. The third-order valence-corrected chi connectivity index (χ3v) is 0.892. The molecule has 2 atom stereocenters. The standard InChI is InChI=1S/C4H6O2/c1-3-4(2-5)6-3/h2-4H,1H3/t3-,4+/m0/s1. The minimum Gasteiger partial charge on any atom is -0.362 e. The van der Waals surface area contributed by atoms with Crippen LogP contribution in [0.15, 0.2) is 0 Å². The zero-order chi connectivity index (χ0) is 4.57. The van der Waals surface area contributed by atoms with Gasteiger partial charge in [-0.3, -0.25) is 0 Å². The van der Waals surface area contributed by atoms with E-state index in [1.54, 1.807) is 0 Å². The fourth-order valence-corrected chi connectivity index (χ4v) is 0.345. The summed E-state index contributed by atoms with van der Waals surface area (Å²) < 4.78 is 4.70. The van der Waals surface area contributed by atoms with E-state index in [9.17, 15) is 4.79 Å². The number of aldehydes is 1. The first-order chi connectivity index (χ1) is 2.84. The van der Waals surface area contributed by atoms with Crippen LogP contribution in [0.2, 0.25) is 0 Å². The quantitative estimate of drug-likeness (QED) is 0.331. The number of carbonyl (C=O) groups is 1. The van der Waals surface area contributed by atoms with Crippen LogP contribution in [0.3, 0.4) is 0 Å². The number of epoxide rings is 1. The largest absolute Gasteiger partial charge is 0.362 e. The van der Waals surface area contributed by atoms with E-state index in [0.717, 1.165) is 6.29 Å². The summed E-state index contributed by atoms with van der Waals surface area (Å²) in [5, 5.41) is 0. The minimum absolute atomic E-state index is 0.0787. The van der Waals surface area contributed by atoms with Crippen molar-refractivity contribution in [3.63, 3.8) is 0 Å². The molecule has 34 valence electrons. The van der Waals surface area contributed by atoms with Crippen LogP contribution < -0.4 is 0 Å². The second-order valence-electron chi connectivity index (χ2n) is 1.44. The van der Waals surface area contributed by atoms with Gasteiger partial charge in [-0.2, -0.15) is 0 Å². The summed E-state index contributed by atoms with van der Waals surface area (Å²) in [6.45, 7) is 1.87. The Morgan fingerprint density at radius 1 is 1.83 bits per heavy atom. The highest BCUT2D eigenvalue weighted by molar-refractivity contribution is 5.60. The van der Waals surface area contributed by atoms with Gasteiger partial charge in [-0.25, -0.2) is 0 Å². The van der Waals surface area contributed by atoms with Crippen molar-refractivity contribution in [3.8, 4) is 0 Å². The zero-order valence-corrected chi connectivity index (χ0v) is 3.55. The molecule has 0 aromatic rings. The molecule has 0 spiro atoms. The van der Waals surface area contributed by atoms with E-state index in [0.29, 0.717) is 0 Å². The summed E-state index contributed by atoms with van der Waals surface area (Å²) in [5.74, 6) is 0. The maximum absolute atomic E-state index is 9.65. The number of hydrogen-bond donors (Lipinski definition) is 0. The normalized spacial score (nSPS) is 42.2. The molecule has 0 bridgehead atoms. The van der Waals surface area contributed by atoms with Crippen LogP contribution in [0.4, 0.5) is 0 Å². The van der Waals surface area contributed by atoms with Gasteiger partial charge in [0.1, 0.15) is 6.10 Å². The summed E-state index contributed by atoms with van der Waals surface area (Å²) in [6, 6.07) is 0. The Morgan fingerprint density at radius 3 is 2.33 bits per heavy atom. The van der Waals surface area contributed by atoms with Crippen LogP contribution in [0, 0.1) is 0 Å². The van der Waals surface area contributed by atoms with E-state index in [1.807, 2.05) is 6.92 Å². The van der Waals surface area contributed by atoms with Gasteiger partial charge in [-0.15, -0.1) is 0 Å². The number of ether oxygens (including phenoxy) is 1. The van der Waals surface area contributed by atoms with Crippen LogP contribution in [0.25, 0.3) is 0 Å². The molecule has 0 unspecified atom stereocenters. The number of carbonyl (C=O) groups excluding carboxylic acids is 1. The van der Waals surface area contributed by atoms with Gasteiger partial charge in [0.25, 0.3) is 0 Å². The van der Waals surface area contributed by atoms with Crippen molar-refractivity contribution < 1.29 is 9.53 Å². The lowest BCUT2D eigenvalue weighted by Crippen LogP contribution is -1.86. The van der Waals surface area contributed by atoms with Crippen molar-refractivity contribution in [2.45, 2.75) is 19.1 Å². The van der Waals surface area contributed by atoms with Crippen LogP contribution in [0.5, 0.6) is 0 Å². The second-order valence-corrected chi connectivity index (χ2v) is 1.44. The van der Waals surface area contributed by atoms with Gasteiger partial charge in [0.05, 0.1) is 6.10 Å². The lowest BCUT2D eigenvalue weighted by Gasteiger charge is -1.58. The highest BCUT2D eigenvalue weighted by Crippen LogP contribution is 2.16. The molecule has 0 saturated carbocycles. The number of rotatable bonds is 1. The third kappa shape index (κ3) is 0.431. The van der Waals surface area contributed by atoms with E-state index in [2.05, 4.69) is 0 Å². The molecule has 1 fully saturated rings. The average molecular weight is 86.1 g/mol. The second kappa shape index (κ2) is 1.05. The van der Waals surface area contributed by atoms with Crippen LogP contribution >= 0.6 is 0 Å². The van der Waals surface area contributed by atoms with Crippen LogP contribution in [-0.2, 0) is 9.53 Å². The maximum Gasteiger partial charge on any atom is 0.151 e. The summed E-state index contributed by atoms with van der Waals surface area (Å²) in [5.41, 5.74) is 0. The van der Waals surface area contributed by atoms with Gasteiger partial charge in [0, 0.05) is 0 Å². The smallest absolute Gasteiger partial charge is 0.151 e. The summed E-state index contributed by atoms with van der Waals surface area (Å²) in [7, 11) is 0. The predicted octanol–water partition coefficient (Wildman–Crippen LogP) is -0.0274. The Kier molecular flexibility index (Phi) is 0.665. The molecule has 0 aromatic carbocycles. The van der Waals surface area contributed by atoms with Gasteiger partial charge in [0.2, 0.25) is 0 Å². The fourth-order valence-electron chi connectivity index (χ4n) is 0.345. The Labute approximate surface area is 36.1 Å². The summed E-state index contributed by atoms with van der Waals surface area (Å²) in [6.07, 6.45) is 0.942. The fraction of sp³-hybridized carbons (Fsp3) is 0.750. The average Bonchev–Trinajstić information content (AvgIpc) is 2.19. The molecule has 6 heavy (non-hydrogen) atoms. The highest BCUT2D eigenvalue weighted by atomic mass is 16.6. The van der Waals surface area contributed by atoms with E-state index in [1.165, 1.54) is 0 Å². The molecule has 1 aliphatic rings. The van der Waals surface area contributed by atoms with Crippen molar-refractivity contribution in [2.75, 3.05) is 0 Å². The van der Waals surface area contributed by atoms with Crippen LogP contribution in [0.1, 0.15) is 6.92 Å². The number of hydrogen-bond acceptors (Lipinski definition) is 2. The van der Waals surface area contributed by atoms with Gasteiger partial charge < -0.3 is 9.53 Å². The van der Waals surface area contributed by atoms with Gasteiger partial charge >= 0.3 is 0 Å². The molecule has 0 amide bonds. The van der Waals surface area contributed by atoms with Crippen molar-refractivity contribution in [3.05, 3.63) is 0 Å². The molecule has 1 saturated heterocycles. The Hall–Kier alpha value is -0.370. The molecule has 0 N–H and O–H groups in total. The molecule has 0 aromatic heterocycles. The van der Waals surface area contributed by atoms with E-state index < -0.39 is 0 Å². The highest BCUT2D eigenvalue weighted by Gasteiger charge is 2.33. The van der Waals surface area contributed by atoms with Crippen molar-refractivity contribution in [2.24, 2.45) is 0 Å². The first-order valence-corrected chi connectivity index (χ1v) is 1.95. The Bertz CT molecular complexity index is 69.9. The SMILES string of the molecule is C[C@@H]1O[C@@H]1C=O. The monoisotopic (exact) mass is 86.0 g/mol. The van der Waals surface area contributed by atoms with Crippen molar-refractivity contribution in [1.82, 2.24) is 0 Å². The van der Waals surface area contributed by atoms with Gasteiger partial charge in [0.15, 0.2) is 6.29 Å². The van der Waals surface area contributed by atoms with Crippen LogP contribution in [-0.4, -0.2) is 18.5 Å². The lowest BCUT2D eigenvalue weighted by molar-refractivity contribution is -0.108. The molecular formula is C4H6O2. The minimum atomic E-state index is -0.0787. The Morgan fingerprint density at radius 2 is 2.33 bits per heavy atom. The molecule has 2 nitrogen and oxygen atoms in total. The maximum atomic E-state index is 9.65. The van der Waals surface area contributed by atoms with E-state index in [4.69, 9.17) is 4.74 Å². The summed E-state index contributed by atoms with van der Waals surface area (Å²) in [4.78, 5) is 9.65. The van der Waals surface area contributed by atoms with E-state index in [-0.39, 0.29) is 12.2 Å². The van der Waals surface area contributed by atoms with Crippen molar-refractivity contribution >= 4 is 6.29 Å². The van der Waals surface area contributed by atoms with E-state index >= 15 is 0 Å². The molecule has 2 heteroatoms. The topological polar surface area (TPSA) is 29.6 Å². The molecular weight excluding hydrogens is 80.0 g/mol. The first-order valence-electron chi connectivity index (χ1n) is 1.95. The molecule has 1 rings (SSSR count). The lowest BCUT2D eigenvalue weighted by atomic mass is 10.4. The Balaban J connectivity index is 2.25. The zero-order valence-electron chi connectivity index (χ0n) is 3.55. The molecule has 1 aliphatic heterocycles. The van der Waals surface area contributed by atoms with Gasteiger partial charge in [-0.05, 0) is 6.92 Å². The molecule has 0 aliphatic carbocycles. The van der Waals surface area contributed by atoms with Gasteiger partial charge in [-0.1, -0.05) is 0 Å². The molecule has 1 heterocycles. The van der Waals surface area contributed by atoms with Crippen molar-refractivity contribution in [1.29, 1.82) is 0 Å². The summed E-state index contributed by atoms with van der Waals surface area (Å²) >= 11 is 0. The third-order valence-electron chi connectivity index (χ3n) is 0.892. The predicted molar refractivity (Wildman–Crippen MR) is 20.4 cm³/mol. The first kappa shape index (κ1) is 3.81.